The maximum Gasteiger partial charge on any atom is 0.231 e. The van der Waals surface area contributed by atoms with Gasteiger partial charge in [-0.2, -0.15) is 0 Å². The molecule has 2 fully saturated rings. The molecular formula is C25H30N2O2. The molecule has 1 N–H and O–H groups in total. The van der Waals surface area contributed by atoms with Crippen molar-refractivity contribution in [1.29, 1.82) is 0 Å². The minimum absolute atomic E-state index is 0.0315. The van der Waals surface area contributed by atoms with Gasteiger partial charge in [-0.3, -0.25) is 4.79 Å². The third-order valence-electron chi connectivity index (χ3n) is 7.14. The van der Waals surface area contributed by atoms with Crippen LogP contribution < -0.4 is 15.0 Å². The summed E-state index contributed by atoms with van der Waals surface area (Å²) in [5.41, 5.74) is 2.96. The summed E-state index contributed by atoms with van der Waals surface area (Å²) in [7, 11) is 4.08. The lowest BCUT2D eigenvalue weighted by molar-refractivity contribution is -0.125. The number of amides is 1. The second-order valence-electron chi connectivity index (χ2n) is 9.28. The standard InChI is InChI=1S/C25H30N2O2/c1-27(2)19-11-9-18(10-12-19)25(15-16-25)23(28)26-21-17-24(13-5-6-14-24)29-22-8-4-3-7-20(21)22/h3-4,7-12,21H,5-6,13-17H2,1-2H3,(H,26,28). The van der Waals surface area contributed by atoms with E-state index in [-0.39, 0.29) is 23.0 Å². The van der Waals surface area contributed by atoms with Crippen LogP contribution in [0.4, 0.5) is 5.69 Å². The van der Waals surface area contributed by atoms with E-state index in [4.69, 9.17) is 4.74 Å². The Morgan fingerprint density at radius 2 is 1.69 bits per heavy atom. The summed E-state index contributed by atoms with van der Waals surface area (Å²) in [5.74, 6) is 1.12. The van der Waals surface area contributed by atoms with Crippen molar-refractivity contribution >= 4 is 11.6 Å². The van der Waals surface area contributed by atoms with Gasteiger partial charge < -0.3 is 15.0 Å². The van der Waals surface area contributed by atoms with Crippen LogP contribution >= 0.6 is 0 Å². The van der Waals surface area contributed by atoms with Crippen LogP contribution in [0.25, 0.3) is 0 Å². The molecule has 1 amide bonds. The fourth-order valence-electron chi connectivity index (χ4n) is 5.22. The van der Waals surface area contributed by atoms with Crippen molar-refractivity contribution in [3.63, 3.8) is 0 Å². The van der Waals surface area contributed by atoms with Crippen molar-refractivity contribution in [2.45, 2.75) is 62.0 Å². The fourth-order valence-corrected chi connectivity index (χ4v) is 5.22. The lowest BCUT2D eigenvalue weighted by Gasteiger charge is -2.40. The van der Waals surface area contributed by atoms with Crippen LogP contribution in [0.5, 0.6) is 5.75 Å². The van der Waals surface area contributed by atoms with Crippen LogP contribution in [0, 0.1) is 0 Å². The third-order valence-corrected chi connectivity index (χ3v) is 7.14. The second-order valence-corrected chi connectivity index (χ2v) is 9.28. The van der Waals surface area contributed by atoms with E-state index >= 15 is 0 Å². The highest BCUT2D eigenvalue weighted by atomic mass is 16.5. The largest absolute Gasteiger partial charge is 0.487 e. The maximum absolute atomic E-state index is 13.5. The molecule has 0 bridgehead atoms. The first-order valence-electron chi connectivity index (χ1n) is 10.9. The normalized spacial score (nSPS) is 23.2. The maximum atomic E-state index is 13.5. The van der Waals surface area contributed by atoms with Gasteiger partial charge in [-0.25, -0.2) is 0 Å². The van der Waals surface area contributed by atoms with Gasteiger partial charge in [0.2, 0.25) is 5.91 Å². The molecular weight excluding hydrogens is 360 g/mol. The highest BCUT2D eigenvalue weighted by Crippen LogP contribution is 2.51. The minimum atomic E-state index is -0.360. The third kappa shape index (κ3) is 3.19. The number of rotatable bonds is 4. The number of fused-ring (bicyclic) bond motifs is 1. The quantitative estimate of drug-likeness (QED) is 0.820. The van der Waals surface area contributed by atoms with Crippen molar-refractivity contribution in [1.82, 2.24) is 5.32 Å². The summed E-state index contributed by atoms with van der Waals surface area (Å²) in [6, 6.07) is 16.7. The smallest absolute Gasteiger partial charge is 0.231 e. The molecule has 0 saturated heterocycles. The van der Waals surface area contributed by atoms with Crippen LogP contribution in [0.3, 0.4) is 0 Å². The van der Waals surface area contributed by atoms with Gasteiger partial charge in [0.1, 0.15) is 11.4 Å². The van der Waals surface area contributed by atoms with Crippen molar-refractivity contribution < 1.29 is 9.53 Å². The van der Waals surface area contributed by atoms with Gasteiger partial charge in [0.25, 0.3) is 0 Å². The van der Waals surface area contributed by atoms with Gasteiger partial charge in [0.05, 0.1) is 11.5 Å². The Morgan fingerprint density at radius 3 is 2.34 bits per heavy atom. The molecule has 3 aliphatic rings. The monoisotopic (exact) mass is 390 g/mol. The molecule has 4 heteroatoms. The van der Waals surface area contributed by atoms with E-state index in [2.05, 4.69) is 46.6 Å². The SMILES string of the molecule is CN(C)c1ccc(C2(C(=O)NC3CC4(CCCC4)Oc4ccccc43)CC2)cc1. The van der Waals surface area contributed by atoms with Crippen LogP contribution in [0.15, 0.2) is 48.5 Å². The Kier molecular flexibility index (Phi) is 4.34. The van der Waals surface area contributed by atoms with Crippen molar-refractivity contribution in [2.24, 2.45) is 0 Å². The van der Waals surface area contributed by atoms with Crippen molar-refractivity contribution in [3.8, 4) is 5.75 Å². The molecule has 2 aliphatic carbocycles. The van der Waals surface area contributed by atoms with Crippen molar-refractivity contribution in [2.75, 3.05) is 19.0 Å². The Labute approximate surface area is 173 Å². The van der Waals surface area contributed by atoms with Crippen LogP contribution in [-0.4, -0.2) is 25.6 Å². The average molecular weight is 391 g/mol. The predicted octanol–water partition coefficient (Wildman–Crippen LogP) is 4.74. The summed E-state index contributed by atoms with van der Waals surface area (Å²) in [5, 5.41) is 3.44. The van der Waals surface area contributed by atoms with Gasteiger partial charge in [0, 0.05) is 31.8 Å². The number of ether oxygens (including phenoxy) is 1. The summed E-state index contributed by atoms with van der Waals surface area (Å²) in [6.45, 7) is 0. The van der Waals surface area contributed by atoms with Gasteiger partial charge in [0.15, 0.2) is 0 Å². The zero-order valence-electron chi connectivity index (χ0n) is 17.4. The molecule has 4 nitrogen and oxygen atoms in total. The van der Waals surface area contributed by atoms with Crippen LogP contribution in [-0.2, 0) is 10.2 Å². The van der Waals surface area contributed by atoms with E-state index in [0.29, 0.717) is 0 Å². The zero-order valence-corrected chi connectivity index (χ0v) is 17.4. The molecule has 1 heterocycles. The summed E-state index contributed by atoms with van der Waals surface area (Å²) >= 11 is 0. The molecule has 2 saturated carbocycles. The van der Waals surface area contributed by atoms with Gasteiger partial charge in [-0.1, -0.05) is 30.3 Å². The number of carbonyl (C=O) groups excluding carboxylic acids is 1. The first kappa shape index (κ1) is 18.5. The molecule has 1 aliphatic heterocycles. The van der Waals surface area contributed by atoms with E-state index in [1.165, 1.54) is 12.8 Å². The van der Waals surface area contributed by atoms with Gasteiger partial charge in [-0.15, -0.1) is 0 Å². The Morgan fingerprint density at radius 1 is 1.00 bits per heavy atom. The van der Waals surface area contributed by atoms with Gasteiger partial charge >= 0.3 is 0 Å². The fraction of sp³-hybridized carbons (Fsp3) is 0.480. The molecule has 0 radical (unpaired) electrons. The number of benzene rings is 2. The average Bonchev–Trinajstić information content (AvgIpc) is 3.43. The zero-order chi connectivity index (χ0) is 20.1. The predicted molar refractivity (Wildman–Crippen MR) is 115 cm³/mol. The molecule has 2 aromatic rings. The number of nitrogens with one attached hydrogen (secondary N) is 1. The van der Waals surface area contributed by atoms with Crippen LogP contribution in [0.1, 0.15) is 62.1 Å². The number of hydrogen-bond acceptors (Lipinski definition) is 3. The topological polar surface area (TPSA) is 41.6 Å². The molecule has 29 heavy (non-hydrogen) atoms. The Bertz CT molecular complexity index is 909. The van der Waals surface area contributed by atoms with E-state index in [9.17, 15) is 4.79 Å². The van der Waals surface area contributed by atoms with E-state index in [0.717, 1.165) is 54.7 Å². The Hall–Kier alpha value is -2.49. The number of anilines is 1. The highest BCUT2D eigenvalue weighted by Gasteiger charge is 2.52. The lowest BCUT2D eigenvalue weighted by atomic mass is 9.85. The molecule has 2 aromatic carbocycles. The highest BCUT2D eigenvalue weighted by molar-refractivity contribution is 5.91. The minimum Gasteiger partial charge on any atom is -0.487 e. The van der Waals surface area contributed by atoms with E-state index in [1.807, 2.05) is 26.2 Å². The Balaban J connectivity index is 1.40. The number of carbonyl (C=O) groups is 1. The molecule has 1 spiro atoms. The van der Waals surface area contributed by atoms with Crippen LogP contribution in [0.2, 0.25) is 0 Å². The second kappa shape index (κ2) is 6.79. The van der Waals surface area contributed by atoms with E-state index in [1.54, 1.807) is 0 Å². The lowest BCUT2D eigenvalue weighted by Crippen LogP contribution is -2.45. The molecule has 1 atom stereocenters. The summed E-state index contributed by atoms with van der Waals surface area (Å²) in [4.78, 5) is 15.6. The summed E-state index contributed by atoms with van der Waals surface area (Å²) < 4.78 is 6.46. The summed E-state index contributed by atoms with van der Waals surface area (Å²) in [6.07, 6.45) is 7.34. The van der Waals surface area contributed by atoms with Gasteiger partial charge in [-0.05, 0) is 62.3 Å². The molecule has 0 aromatic heterocycles. The van der Waals surface area contributed by atoms with E-state index < -0.39 is 0 Å². The van der Waals surface area contributed by atoms with Crippen molar-refractivity contribution in [3.05, 3.63) is 59.7 Å². The number of hydrogen-bond donors (Lipinski definition) is 1. The number of para-hydroxylation sites is 1. The number of nitrogens with zero attached hydrogens (tertiary/aromatic N) is 1. The first-order valence-corrected chi connectivity index (χ1v) is 10.9. The molecule has 1 unspecified atom stereocenters. The molecule has 5 rings (SSSR count). The molecule has 152 valence electrons. The first-order chi connectivity index (χ1) is 14.0.